The summed E-state index contributed by atoms with van der Waals surface area (Å²) in [6, 6.07) is 15.7. The lowest BCUT2D eigenvalue weighted by atomic mass is 10.2. The van der Waals surface area contributed by atoms with Crippen LogP contribution in [-0.4, -0.2) is 20.9 Å². The van der Waals surface area contributed by atoms with Gasteiger partial charge in [-0.15, -0.1) is 0 Å². The Balaban J connectivity index is 1.57. The van der Waals surface area contributed by atoms with Crippen molar-refractivity contribution in [2.24, 2.45) is 0 Å². The molecule has 0 aliphatic heterocycles. The second-order valence-corrected chi connectivity index (χ2v) is 8.47. The van der Waals surface area contributed by atoms with E-state index in [-0.39, 0.29) is 23.1 Å². The average Bonchev–Trinajstić information content (AvgIpc) is 2.71. The minimum atomic E-state index is -3.84. The summed E-state index contributed by atoms with van der Waals surface area (Å²) in [7, 11) is -3.84. The van der Waals surface area contributed by atoms with E-state index in [1.54, 1.807) is 18.2 Å². The number of rotatable bonds is 7. The number of hydrogen-bond acceptors (Lipinski definition) is 4. The molecule has 3 rings (SSSR count). The average molecular weight is 449 g/mol. The van der Waals surface area contributed by atoms with Crippen LogP contribution in [0.25, 0.3) is 0 Å². The van der Waals surface area contributed by atoms with Crippen molar-refractivity contribution < 1.29 is 22.3 Å². The molecule has 0 heterocycles. The number of hydrogen-bond donors (Lipinski definition) is 2. The molecule has 0 saturated heterocycles. The van der Waals surface area contributed by atoms with Crippen LogP contribution >= 0.6 is 11.6 Å². The first-order valence-corrected chi connectivity index (χ1v) is 10.7. The number of amides is 1. The Kier molecular flexibility index (Phi) is 6.59. The molecular weight excluding hydrogens is 431 g/mol. The van der Waals surface area contributed by atoms with Gasteiger partial charge < -0.3 is 10.1 Å². The highest BCUT2D eigenvalue weighted by atomic mass is 35.5. The van der Waals surface area contributed by atoms with Gasteiger partial charge in [0.15, 0.2) is 6.61 Å². The van der Waals surface area contributed by atoms with E-state index >= 15 is 0 Å². The van der Waals surface area contributed by atoms with Crippen LogP contribution in [0.15, 0.2) is 71.6 Å². The molecule has 9 heteroatoms. The third kappa shape index (κ3) is 5.71. The van der Waals surface area contributed by atoms with Crippen LogP contribution in [0.3, 0.4) is 0 Å². The fourth-order valence-corrected chi connectivity index (χ4v) is 3.70. The zero-order valence-corrected chi connectivity index (χ0v) is 17.4. The molecule has 0 fully saturated rings. The predicted molar refractivity (Wildman–Crippen MR) is 114 cm³/mol. The minimum Gasteiger partial charge on any atom is -0.484 e. The lowest BCUT2D eigenvalue weighted by molar-refractivity contribution is -0.118. The van der Waals surface area contributed by atoms with Gasteiger partial charge in [-0.05, 0) is 73.2 Å². The zero-order chi connectivity index (χ0) is 21.7. The summed E-state index contributed by atoms with van der Waals surface area (Å²) in [4.78, 5) is 12.0. The van der Waals surface area contributed by atoms with Gasteiger partial charge in [0.05, 0.1) is 4.90 Å². The largest absolute Gasteiger partial charge is 0.484 e. The summed E-state index contributed by atoms with van der Waals surface area (Å²) in [5, 5.41) is 3.21. The van der Waals surface area contributed by atoms with Crippen LogP contribution in [0, 0.1) is 12.7 Å². The lowest BCUT2D eigenvalue weighted by Gasteiger charge is -2.10. The molecule has 1 amide bonds. The summed E-state index contributed by atoms with van der Waals surface area (Å²) in [6.07, 6.45) is 0. The van der Waals surface area contributed by atoms with Crippen LogP contribution in [-0.2, 0) is 14.8 Å². The maximum atomic E-state index is 12.9. The Morgan fingerprint density at radius 3 is 2.27 bits per heavy atom. The van der Waals surface area contributed by atoms with E-state index in [9.17, 15) is 17.6 Å². The number of halogens is 2. The van der Waals surface area contributed by atoms with Crippen molar-refractivity contribution in [1.29, 1.82) is 0 Å². The van der Waals surface area contributed by atoms with Gasteiger partial charge in [0.25, 0.3) is 15.9 Å². The van der Waals surface area contributed by atoms with Gasteiger partial charge in [0, 0.05) is 16.4 Å². The normalized spacial score (nSPS) is 11.0. The van der Waals surface area contributed by atoms with Crippen molar-refractivity contribution in [3.63, 3.8) is 0 Å². The zero-order valence-electron chi connectivity index (χ0n) is 15.9. The highest BCUT2D eigenvalue weighted by Gasteiger charge is 2.14. The van der Waals surface area contributed by atoms with E-state index in [0.29, 0.717) is 16.5 Å². The van der Waals surface area contributed by atoms with Crippen LogP contribution in [0.4, 0.5) is 15.8 Å². The number of nitrogens with one attached hydrogen (secondary N) is 2. The van der Waals surface area contributed by atoms with Gasteiger partial charge >= 0.3 is 0 Å². The molecule has 2 N–H and O–H groups in total. The summed E-state index contributed by atoms with van der Waals surface area (Å²) in [5.74, 6) is -0.522. The molecule has 0 atom stereocenters. The number of sulfonamides is 1. The number of carbonyl (C=O) groups is 1. The molecular formula is C21H18ClFN2O4S. The predicted octanol–water partition coefficient (Wildman–Crippen LogP) is 4.61. The molecule has 0 aliphatic carbocycles. The first kappa shape index (κ1) is 21.6. The third-order valence-electron chi connectivity index (χ3n) is 4.06. The molecule has 3 aromatic rings. The Hall–Kier alpha value is -3.10. The molecule has 0 unspecified atom stereocenters. The molecule has 0 aromatic heterocycles. The van der Waals surface area contributed by atoms with Crippen LogP contribution in [0.2, 0.25) is 5.02 Å². The second-order valence-electron chi connectivity index (χ2n) is 6.38. The number of benzene rings is 3. The summed E-state index contributed by atoms with van der Waals surface area (Å²) >= 11 is 6.03. The molecule has 0 bridgehead atoms. The molecule has 0 saturated carbocycles. The third-order valence-corrected chi connectivity index (χ3v) is 5.86. The van der Waals surface area contributed by atoms with Crippen LogP contribution < -0.4 is 14.8 Å². The van der Waals surface area contributed by atoms with Gasteiger partial charge in [-0.2, -0.15) is 0 Å². The molecule has 156 valence electrons. The Bertz CT molecular complexity index is 1150. The van der Waals surface area contributed by atoms with E-state index in [1.807, 2.05) is 6.92 Å². The molecule has 0 spiro atoms. The highest BCUT2D eigenvalue weighted by Crippen LogP contribution is 2.21. The Morgan fingerprint density at radius 2 is 1.63 bits per heavy atom. The molecule has 30 heavy (non-hydrogen) atoms. The maximum absolute atomic E-state index is 12.9. The first-order valence-electron chi connectivity index (χ1n) is 8.80. The van der Waals surface area contributed by atoms with Crippen molar-refractivity contribution in [3.8, 4) is 5.75 Å². The van der Waals surface area contributed by atoms with Crippen molar-refractivity contribution in [2.75, 3.05) is 16.6 Å². The summed E-state index contributed by atoms with van der Waals surface area (Å²) < 4.78 is 45.5. The molecule has 3 aromatic carbocycles. The quantitative estimate of drug-likeness (QED) is 0.553. The lowest BCUT2D eigenvalue weighted by Crippen LogP contribution is -2.20. The fourth-order valence-electron chi connectivity index (χ4n) is 2.46. The fraction of sp³-hybridized carbons (Fsp3) is 0.0952. The number of ether oxygens (including phenoxy) is 1. The SMILES string of the molecule is Cc1ccc(NC(=O)COc2ccc(S(=O)(=O)Nc3ccc(F)cc3)cc2)cc1Cl. The van der Waals surface area contributed by atoms with Gasteiger partial charge in [-0.3, -0.25) is 9.52 Å². The number of aryl methyl sites for hydroxylation is 1. The van der Waals surface area contributed by atoms with E-state index in [2.05, 4.69) is 10.0 Å². The topological polar surface area (TPSA) is 84.5 Å². The standard InChI is InChI=1S/C21H18ClFN2O4S/c1-14-2-5-17(12-20(14)22)24-21(26)13-29-18-8-10-19(11-9-18)30(27,28)25-16-6-3-15(23)4-7-16/h2-12,25H,13H2,1H3,(H,24,26). The molecule has 6 nitrogen and oxygen atoms in total. The minimum absolute atomic E-state index is 0.00192. The van der Waals surface area contributed by atoms with Crippen LogP contribution in [0.1, 0.15) is 5.56 Å². The summed E-state index contributed by atoms with van der Waals surface area (Å²) in [5.41, 5.74) is 1.69. The second kappa shape index (κ2) is 9.15. The van der Waals surface area contributed by atoms with Crippen LogP contribution in [0.5, 0.6) is 5.75 Å². The van der Waals surface area contributed by atoms with Gasteiger partial charge in [-0.1, -0.05) is 17.7 Å². The van der Waals surface area contributed by atoms with Crippen molar-refractivity contribution in [3.05, 3.63) is 83.1 Å². The van der Waals surface area contributed by atoms with E-state index in [1.165, 1.54) is 36.4 Å². The smallest absolute Gasteiger partial charge is 0.262 e. The van der Waals surface area contributed by atoms with Crippen molar-refractivity contribution in [2.45, 2.75) is 11.8 Å². The van der Waals surface area contributed by atoms with E-state index in [0.717, 1.165) is 17.7 Å². The highest BCUT2D eigenvalue weighted by molar-refractivity contribution is 7.92. The van der Waals surface area contributed by atoms with Crippen molar-refractivity contribution in [1.82, 2.24) is 0 Å². The van der Waals surface area contributed by atoms with Gasteiger partial charge in [0.2, 0.25) is 0 Å². The number of carbonyl (C=O) groups excluding carboxylic acids is 1. The molecule has 0 aliphatic rings. The Labute approximate surface area is 178 Å². The Morgan fingerprint density at radius 1 is 1.00 bits per heavy atom. The first-order chi connectivity index (χ1) is 14.2. The number of anilines is 2. The summed E-state index contributed by atoms with van der Waals surface area (Å²) in [6.45, 7) is 1.60. The maximum Gasteiger partial charge on any atom is 0.262 e. The van der Waals surface area contributed by atoms with E-state index < -0.39 is 15.8 Å². The van der Waals surface area contributed by atoms with Gasteiger partial charge in [-0.25, -0.2) is 12.8 Å². The van der Waals surface area contributed by atoms with Gasteiger partial charge in [0.1, 0.15) is 11.6 Å². The molecule has 0 radical (unpaired) electrons. The van der Waals surface area contributed by atoms with Crippen molar-refractivity contribution >= 4 is 38.9 Å². The van der Waals surface area contributed by atoms with E-state index in [4.69, 9.17) is 16.3 Å². The monoisotopic (exact) mass is 448 g/mol.